The number of benzene rings is 1. The fourth-order valence-corrected chi connectivity index (χ4v) is 3.36. The first kappa shape index (κ1) is 19.8. The third kappa shape index (κ3) is 4.66. The summed E-state index contributed by atoms with van der Waals surface area (Å²) in [5, 5.41) is 15.8. The Bertz CT molecular complexity index is 889. The molecule has 146 valence electrons. The predicted molar refractivity (Wildman–Crippen MR) is 107 cm³/mol. The number of ether oxygens (including phenoxy) is 1. The van der Waals surface area contributed by atoms with Gasteiger partial charge in [0.25, 0.3) is 5.91 Å². The second kappa shape index (κ2) is 8.83. The number of nitrogens with one attached hydrogen (secondary N) is 2. The minimum absolute atomic E-state index is 0.268. The van der Waals surface area contributed by atoms with Gasteiger partial charge in [-0.1, -0.05) is 0 Å². The Kier molecular flexibility index (Phi) is 6.24. The van der Waals surface area contributed by atoms with Crippen LogP contribution in [-0.4, -0.2) is 48.6 Å². The van der Waals surface area contributed by atoms with Crippen LogP contribution in [0, 0.1) is 18.3 Å². The Hall–Kier alpha value is -2.95. The van der Waals surface area contributed by atoms with Gasteiger partial charge in [-0.3, -0.25) is 9.69 Å². The van der Waals surface area contributed by atoms with Crippen molar-refractivity contribution >= 4 is 11.6 Å². The van der Waals surface area contributed by atoms with Gasteiger partial charge in [-0.05, 0) is 43.2 Å². The lowest BCUT2D eigenvalue weighted by molar-refractivity contribution is 0.102. The highest BCUT2D eigenvalue weighted by Gasteiger charge is 2.18. The summed E-state index contributed by atoms with van der Waals surface area (Å²) in [6.45, 7) is 7.75. The Labute approximate surface area is 165 Å². The summed E-state index contributed by atoms with van der Waals surface area (Å²) in [6.07, 6.45) is 1.47. The minimum atomic E-state index is -0.268. The molecule has 2 heterocycles. The third-order valence-electron chi connectivity index (χ3n) is 4.95. The Balaban J connectivity index is 1.81. The number of pyridine rings is 1. The first-order valence-electron chi connectivity index (χ1n) is 9.31. The van der Waals surface area contributed by atoms with Crippen molar-refractivity contribution in [3.05, 3.63) is 52.7 Å². The van der Waals surface area contributed by atoms with Crippen molar-refractivity contribution in [1.29, 1.82) is 5.26 Å². The van der Waals surface area contributed by atoms with E-state index in [1.54, 1.807) is 18.2 Å². The molecule has 1 aromatic carbocycles. The molecule has 1 fully saturated rings. The Morgan fingerprint density at radius 3 is 2.93 bits per heavy atom. The van der Waals surface area contributed by atoms with E-state index in [-0.39, 0.29) is 5.91 Å². The molecule has 7 nitrogen and oxygen atoms in total. The molecule has 0 aliphatic carbocycles. The van der Waals surface area contributed by atoms with E-state index in [1.807, 2.05) is 13.0 Å². The molecule has 2 aromatic rings. The van der Waals surface area contributed by atoms with Crippen LogP contribution < -0.4 is 15.4 Å². The molecule has 7 heteroatoms. The molecule has 1 aromatic heterocycles. The summed E-state index contributed by atoms with van der Waals surface area (Å²) in [4.78, 5) is 19.1. The number of carbonyl (C=O) groups excluding carboxylic acids is 1. The van der Waals surface area contributed by atoms with E-state index >= 15 is 0 Å². The standard InChI is InChI=1S/C21H25N5O2/c1-14-12-26(7-6-23-14)13-18-8-16(10-22)9-19(15(18)2)25-21(27)17-4-5-20(28-3)24-11-17/h4-5,8-9,11,14,23H,6-7,12-13H2,1-3H3,(H,25,27)/t14-/m0/s1. The van der Waals surface area contributed by atoms with E-state index in [9.17, 15) is 10.1 Å². The molecule has 28 heavy (non-hydrogen) atoms. The van der Waals surface area contributed by atoms with Crippen LogP contribution in [0.4, 0.5) is 5.69 Å². The van der Waals surface area contributed by atoms with E-state index in [0.29, 0.717) is 28.7 Å². The van der Waals surface area contributed by atoms with Crippen LogP contribution in [0.25, 0.3) is 0 Å². The zero-order chi connectivity index (χ0) is 20.1. The quantitative estimate of drug-likeness (QED) is 0.829. The van der Waals surface area contributed by atoms with Gasteiger partial charge in [-0.2, -0.15) is 5.26 Å². The van der Waals surface area contributed by atoms with Crippen molar-refractivity contribution < 1.29 is 9.53 Å². The highest BCUT2D eigenvalue weighted by Crippen LogP contribution is 2.24. The molecule has 2 N–H and O–H groups in total. The normalized spacial score (nSPS) is 17.0. The van der Waals surface area contributed by atoms with Crippen molar-refractivity contribution in [3.8, 4) is 11.9 Å². The van der Waals surface area contributed by atoms with Crippen molar-refractivity contribution in [2.24, 2.45) is 0 Å². The number of anilines is 1. The maximum absolute atomic E-state index is 12.6. The molecule has 1 saturated heterocycles. The maximum Gasteiger partial charge on any atom is 0.257 e. The molecule has 1 atom stereocenters. The molecule has 1 amide bonds. The van der Waals surface area contributed by atoms with Gasteiger partial charge < -0.3 is 15.4 Å². The topological polar surface area (TPSA) is 90.3 Å². The van der Waals surface area contributed by atoms with Crippen LogP contribution in [-0.2, 0) is 6.54 Å². The van der Waals surface area contributed by atoms with E-state index in [4.69, 9.17) is 4.74 Å². The molecule has 0 unspecified atom stereocenters. The van der Waals surface area contributed by atoms with Crippen molar-refractivity contribution in [2.75, 3.05) is 32.1 Å². The van der Waals surface area contributed by atoms with Crippen molar-refractivity contribution in [3.63, 3.8) is 0 Å². The van der Waals surface area contributed by atoms with Gasteiger partial charge in [0.15, 0.2) is 0 Å². The number of carbonyl (C=O) groups is 1. The first-order valence-corrected chi connectivity index (χ1v) is 9.31. The third-order valence-corrected chi connectivity index (χ3v) is 4.95. The number of amides is 1. The second-order valence-corrected chi connectivity index (χ2v) is 7.05. The van der Waals surface area contributed by atoms with Gasteiger partial charge in [0.1, 0.15) is 0 Å². The summed E-state index contributed by atoms with van der Waals surface area (Å²) in [7, 11) is 1.53. The summed E-state index contributed by atoms with van der Waals surface area (Å²) < 4.78 is 5.02. The number of hydrogen-bond acceptors (Lipinski definition) is 6. The fourth-order valence-electron chi connectivity index (χ4n) is 3.36. The van der Waals surface area contributed by atoms with Crippen molar-refractivity contribution in [2.45, 2.75) is 26.4 Å². The molecule has 0 bridgehead atoms. The number of nitriles is 1. The summed E-state index contributed by atoms with van der Waals surface area (Å²) in [5.41, 5.74) is 3.64. The van der Waals surface area contributed by atoms with Crippen molar-refractivity contribution in [1.82, 2.24) is 15.2 Å². The van der Waals surface area contributed by atoms with E-state index in [0.717, 1.165) is 37.3 Å². The van der Waals surface area contributed by atoms with Crippen LogP contribution in [0.2, 0.25) is 0 Å². The van der Waals surface area contributed by atoms with Crippen LogP contribution in [0.3, 0.4) is 0 Å². The number of piperazine rings is 1. The second-order valence-electron chi connectivity index (χ2n) is 7.05. The number of aromatic nitrogens is 1. The lowest BCUT2D eigenvalue weighted by Crippen LogP contribution is -2.48. The monoisotopic (exact) mass is 379 g/mol. The van der Waals surface area contributed by atoms with Gasteiger partial charge in [0.05, 0.1) is 24.3 Å². The molecular formula is C21H25N5O2. The Morgan fingerprint density at radius 1 is 1.46 bits per heavy atom. The summed E-state index contributed by atoms with van der Waals surface area (Å²) in [5.74, 6) is 0.182. The highest BCUT2D eigenvalue weighted by atomic mass is 16.5. The van der Waals surface area contributed by atoms with Gasteiger partial charge in [0, 0.05) is 50.2 Å². The molecule has 0 radical (unpaired) electrons. The van der Waals surface area contributed by atoms with Crippen LogP contribution in [0.15, 0.2) is 30.5 Å². The molecular weight excluding hydrogens is 354 g/mol. The van der Waals surface area contributed by atoms with Gasteiger partial charge >= 0.3 is 0 Å². The zero-order valence-electron chi connectivity index (χ0n) is 16.5. The van der Waals surface area contributed by atoms with Gasteiger partial charge in [-0.25, -0.2) is 4.98 Å². The fraction of sp³-hybridized carbons (Fsp3) is 0.381. The zero-order valence-corrected chi connectivity index (χ0v) is 16.5. The van der Waals surface area contributed by atoms with Crippen LogP contribution in [0.5, 0.6) is 5.88 Å². The summed E-state index contributed by atoms with van der Waals surface area (Å²) >= 11 is 0. The molecule has 1 aliphatic heterocycles. The van der Waals surface area contributed by atoms with E-state index in [1.165, 1.54) is 13.3 Å². The minimum Gasteiger partial charge on any atom is -0.481 e. The first-order chi connectivity index (χ1) is 13.5. The summed E-state index contributed by atoms with van der Waals surface area (Å²) in [6, 6.07) is 9.57. The largest absolute Gasteiger partial charge is 0.481 e. The smallest absolute Gasteiger partial charge is 0.257 e. The van der Waals surface area contributed by atoms with E-state index in [2.05, 4.69) is 33.5 Å². The lowest BCUT2D eigenvalue weighted by Gasteiger charge is -2.32. The highest BCUT2D eigenvalue weighted by molar-refractivity contribution is 6.04. The molecule has 1 aliphatic rings. The molecule has 3 rings (SSSR count). The number of rotatable bonds is 5. The number of methoxy groups -OCH3 is 1. The SMILES string of the molecule is COc1ccc(C(=O)Nc2cc(C#N)cc(CN3CCN[C@@H](C)C3)c2C)cn1. The van der Waals surface area contributed by atoms with Crippen LogP contribution >= 0.6 is 0 Å². The van der Waals surface area contributed by atoms with Crippen LogP contribution in [0.1, 0.15) is 34.0 Å². The Morgan fingerprint density at radius 2 is 2.29 bits per heavy atom. The average Bonchev–Trinajstić information content (AvgIpc) is 2.70. The van der Waals surface area contributed by atoms with Gasteiger partial charge in [-0.15, -0.1) is 0 Å². The lowest BCUT2D eigenvalue weighted by atomic mass is 10.0. The predicted octanol–water partition coefficient (Wildman–Crippen LogP) is 2.32. The van der Waals surface area contributed by atoms with E-state index < -0.39 is 0 Å². The molecule has 0 spiro atoms. The van der Waals surface area contributed by atoms with Gasteiger partial charge in [0.2, 0.25) is 5.88 Å². The maximum atomic E-state index is 12.6. The average molecular weight is 379 g/mol. The number of hydrogen-bond donors (Lipinski definition) is 2. The molecule has 0 saturated carbocycles. The number of nitrogens with zero attached hydrogens (tertiary/aromatic N) is 3.